The lowest BCUT2D eigenvalue weighted by Crippen LogP contribution is -2.31. The predicted octanol–water partition coefficient (Wildman–Crippen LogP) is 3.34. The van der Waals surface area contributed by atoms with Crippen molar-refractivity contribution in [2.45, 2.75) is 19.9 Å². The zero-order valence-corrected chi connectivity index (χ0v) is 12.1. The predicted molar refractivity (Wildman–Crippen MR) is 82.7 cm³/mol. The second-order valence-electron chi connectivity index (χ2n) is 4.84. The van der Waals surface area contributed by atoms with E-state index in [9.17, 15) is 9.18 Å². The van der Waals surface area contributed by atoms with Gasteiger partial charge in [0, 0.05) is 24.3 Å². The third-order valence-corrected chi connectivity index (χ3v) is 3.25. The second kappa shape index (κ2) is 6.99. The zero-order chi connectivity index (χ0) is 15.2. The van der Waals surface area contributed by atoms with Gasteiger partial charge in [0.2, 0.25) is 0 Å². The van der Waals surface area contributed by atoms with Crippen molar-refractivity contribution in [1.82, 2.24) is 0 Å². The molecule has 3 nitrogen and oxygen atoms in total. The normalized spacial score (nSPS) is 10.4. The number of amides is 1. The molecule has 0 aliphatic carbocycles. The number of anilines is 1. The molecule has 1 amide bonds. The Labute approximate surface area is 124 Å². The summed E-state index contributed by atoms with van der Waals surface area (Å²) in [6.45, 7) is 3.04. The number of carbonyl (C=O) groups is 1. The number of carbonyl (C=O) groups excluding carboxylic acids is 1. The van der Waals surface area contributed by atoms with Crippen molar-refractivity contribution >= 4 is 11.6 Å². The van der Waals surface area contributed by atoms with Crippen LogP contribution in [0, 0.1) is 5.82 Å². The van der Waals surface area contributed by atoms with Gasteiger partial charge >= 0.3 is 0 Å². The van der Waals surface area contributed by atoms with Crippen LogP contribution in [-0.4, -0.2) is 12.5 Å². The van der Waals surface area contributed by atoms with Gasteiger partial charge in [0.1, 0.15) is 5.82 Å². The minimum Gasteiger partial charge on any atom is -0.326 e. The average molecular weight is 286 g/mol. The molecule has 0 aromatic heterocycles. The van der Waals surface area contributed by atoms with Crippen LogP contribution in [-0.2, 0) is 6.54 Å². The summed E-state index contributed by atoms with van der Waals surface area (Å²) in [7, 11) is 0. The third kappa shape index (κ3) is 3.67. The monoisotopic (exact) mass is 286 g/mol. The largest absolute Gasteiger partial charge is 0.326 e. The fourth-order valence-corrected chi connectivity index (χ4v) is 2.16. The Morgan fingerprint density at radius 3 is 2.48 bits per heavy atom. The average Bonchev–Trinajstić information content (AvgIpc) is 2.52. The molecule has 110 valence electrons. The maximum atomic E-state index is 13.3. The molecule has 2 N–H and O–H groups in total. The fraction of sp³-hybridized carbons (Fsp3) is 0.235. The number of rotatable bonds is 5. The number of hydrogen-bond donors (Lipinski definition) is 1. The van der Waals surface area contributed by atoms with Crippen LogP contribution < -0.4 is 10.6 Å². The van der Waals surface area contributed by atoms with Crippen LogP contribution in [0.4, 0.5) is 10.1 Å². The standard InChI is InChI=1S/C17H19FN2O/c1-2-10-20(16-8-6-13(12-19)7-9-16)17(21)14-4-3-5-15(18)11-14/h3-9,11H,2,10,12,19H2,1H3. The summed E-state index contributed by atoms with van der Waals surface area (Å²) < 4.78 is 13.3. The van der Waals surface area contributed by atoms with E-state index in [4.69, 9.17) is 5.73 Å². The van der Waals surface area contributed by atoms with Crippen LogP contribution in [0.5, 0.6) is 0 Å². The second-order valence-corrected chi connectivity index (χ2v) is 4.84. The highest BCUT2D eigenvalue weighted by atomic mass is 19.1. The molecule has 21 heavy (non-hydrogen) atoms. The number of hydrogen-bond acceptors (Lipinski definition) is 2. The number of benzene rings is 2. The van der Waals surface area contributed by atoms with E-state index >= 15 is 0 Å². The Bertz CT molecular complexity index is 610. The highest BCUT2D eigenvalue weighted by molar-refractivity contribution is 6.06. The van der Waals surface area contributed by atoms with Gasteiger partial charge in [0.05, 0.1) is 0 Å². The Balaban J connectivity index is 2.31. The summed E-state index contributed by atoms with van der Waals surface area (Å²) in [4.78, 5) is 14.2. The lowest BCUT2D eigenvalue weighted by Gasteiger charge is -2.22. The van der Waals surface area contributed by atoms with Crippen LogP contribution in [0.15, 0.2) is 48.5 Å². The van der Waals surface area contributed by atoms with Crippen LogP contribution in [0.1, 0.15) is 29.3 Å². The minimum atomic E-state index is -0.407. The maximum Gasteiger partial charge on any atom is 0.258 e. The van der Waals surface area contributed by atoms with E-state index in [0.717, 1.165) is 17.7 Å². The SMILES string of the molecule is CCCN(C(=O)c1cccc(F)c1)c1ccc(CN)cc1. The number of nitrogens with zero attached hydrogens (tertiary/aromatic N) is 1. The lowest BCUT2D eigenvalue weighted by atomic mass is 10.1. The zero-order valence-electron chi connectivity index (χ0n) is 12.1. The van der Waals surface area contributed by atoms with E-state index in [2.05, 4.69) is 0 Å². The number of halogens is 1. The van der Waals surface area contributed by atoms with Crippen molar-refractivity contribution in [3.8, 4) is 0 Å². The van der Waals surface area contributed by atoms with Gasteiger partial charge in [-0.15, -0.1) is 0 Å². The first-order valence-electron chi connectivity index (χ1n) is 7.02. The molecule has 0 atom stereocenters. The summed E-state index contributed by atoms with van der Waals surface area (Å²) in [5.74, 6) is -0.604. The Hall–Kier alpha value is -2.20. The van der Waals surface area contributed by atoms with Crippen molar-refractivity contribution < 1.29 is 9.18 Å². The molecular weight excluding hydrogens is 267 g/mol. The van der Waals surface area contributed by atoms with Gasteiger partial charge in [-0.25, -0.2) is 4.39 Å². The van der Waals surface area contributed by atoms with Crippen molar-refractivity contribution in [3.63, 3.8) is 0 Å². The highest BCUT2D eigenvalue weighted by Crippen LogP contribution is 2.19. The summed E-state index contributed by atoms with van der Waals surface area (Å²) in [6, 6.07) is 13.3. The first kappa shape index (κ1) is 15.2. The molecule has 2 aromatic carbocycles. The lowest BCUT2D eigenvalue weighted by molar-refractivity contribution is 0.0986. The van der Waals surface area contributed by atoms with Crippen molar-refractivity contribution in [3.05, 3.63) is 65.5 Å². The van der Waals surface area contributed by atoms with Gasteiger partial charge < -0.3 is 10.6 Å². The van der Waals surface area contributed by atoms with E-state index in [1.807, 2.05) is 31.2 Å². The highest BCUT2D eigenvalue weighted by Gasteiger charge is 2.17. The van der Waals surface area contributed by atoms with Crippen molar-refractivity contribution in [1.29, 1.82) is 0 Å². The minimum absolute atomic E-state index is 0.197. The molecule has 0 aliphatic heterocycles. The van der Waals surface area contributed by atoms with Crippen molar-refractivity contribution in [2.75, 3.05) is 11.4 Å². The molecule has 0 saturated carbocycles. The van der Waals surface area contributed by atoms with Crippen LogP contribution in [0.3, 0.4) is 0 Å². The molecule has 0 fully saturated rings. The molecule has 0 bridgehead atoms. The van der Waals surface area contributed by atoms with Gasteiger partial charge in [-0.1, -0.05) is 25.1 Å². The Kier molecular flexibility index (Phi) is 5.06. The van der Waals surface area contributed by atoms with Crippen LogP contribution in [0.2, 0.25) is 0 Å². The topological polar surface area (TPSA) is 46.3 Å². The van der Waals surface area contributed by atoms with Crippen molar-refractivity contribution in [2.24, 2.45) is 5.73 Å². The maximum absolute atomic E-state index is 13.3. The Morgan fingerprint density at radius 1 is 1.19 bits per heavy atom. The molecule has 0 unspecified atom stereocenters. The molecule has 2 aromatic rings. The van der Waals surface area contributed by atoms with E-state index < -0.39 is 5.82 Å². The summed E-state index contributed by atoms with van der Waals surface area (Å²) >= 11 is 0. The summed E-state index contributed by atoms with van der Waals surface area (Å²) in [6.07, 6.45) is 0.819. The van der Waals surface area contributed by atoms with Crippen LogP contribution >= 0.6 is 0 Å². The summed E-state index contributed by atoms with van der Waals surface area (Å²) in [5.41, 5.74) is 7.74. The molecule has 2 rings (SSSR count). The molecule has 0 spiro atoms. The summed E-state index contributed by atoms with van der Waals surface area (Å²) in [5, 5.41) is 0. The van der Waals surface area contributed by atoms with E-state index in [0.29, 0.717) is 18.7 Å². The first-order valence-corrected chi connectivity index (χ1v) is 7.02. The molecule has 0 saturated heterocycles. The molecule has 0 radical (unpaired) electrons. The fourth-order valence-electron chi connectivity index (χ4n) is 2.16. The molecular formula is C17H19FN2O. The first-order chi connectivity index (χ1) is 10.2. The number of nitrogens with two attached hydrogens (primary N) is 1. The quantitative estimate of drug-likeness (QED) is 0.916. The Morgan fingerprint density at radius 2 is 1.90 bits per heavy atom. The molecule has 4 heteroatoms. The van der Waals surface area contributed by atoms with E-state index in [-0.39, 0.29) is 5.91 Å². The molecule has 0 aliphatic rings. The van der Waals surface area contributed by atoms with E-state index in [1.54, 1.807) is 17.0 Å². The smallest absolute Gasteiger partial charge is 0.258 e. The van der Waals surface area contributed by atoms with Gasteiger partial charge in [0.25, 0.3) is 5.91 Å². The van der Waals surface area contributed by atoms with Gasteiger partial charge in [-0.05, 0) is 42.3 Å². The van der Waals surface area contributed by atoms with Crippen LogP contribution in [0.25, 0.3) is 0 Å². The van der Waals surface area contributed by atoms with Gasteiger partial charge in [-0.3, -0.25) is 4.79 Å². The van der Waals surface area contributed by atoms with E-state index in [1.165, 1.54) is 12.1 Å². The van der Waals surface area contributed by atoms with Gasteiger partial charge in [-0.2, -0.15) is 0 Å². The molecule has 0 heterocycles. The van der Waals surface area contributed by atoms with Gasteiger partial charge in [0.15, 0.2) is 0 Å². The third-order valence-electron chi connectivity index (χ3n) is 3.25.